The fraction of sp³-hybridized carbons (Fsp3) is 0.870. The Morgan fingerprint density at radius 1 is 1.37 bits per heavy atom. The zero-order valence-corrected chi connectivity index (χ0v) is 18.2. The Morgan fingerprint density at radius 2 is 2.13 bits per heavy atom. The van der Waals surface area contributed by atoms with Gasteiger partial charge in [-0.05, 0) is 38.6 Å². The second kappa shape index (κ2) is 6.36. The van der Waals surface area contributed by atoms with E-state index in [9.17, 15) is 19.5 Å². The Kier molecular flexibility index (Phi) is 4.36. The summed E-state index contributed by atoms with van der Waals surface area (Å²) in [4.78, 5) is 40.7. The van der Waals surface area contributed by atoms with Crippen LogP contribution in [0.3, 0.4) is 0 Å². The summed E-state index contributed by atoms with van der Waals surface area (Å²) in [7, 11) is 3.47. The molecule has 3 saturated carbocycles. The van der Waals surface area contributed by atoms with Crippen molar-refractivity contribution < 1.29 is 29.0 Å². The number of ketones is 2. The molecule has 0 radical (unpaired) electrons. The van der Waals surface area contributed by atoms with Gasteiger partial charge in [0.2, 0.25) is 0 Å². The molecule has 1 N–H and O–H groups in total. The van der Waals surface area contributed by atoms with E-state index in [4.69, 9.17) is 9.47 Å². The highest BCUT2D eigenvalue weighted by atomic mass is 16.5. The molecule has 5 fully saturated rings. The molecule has 2 saturated heterocycles. The van der Waals surface area contributed by atoms with Crippen molar-refractivity contribution in [1.82, 2.24) is 4.90 Å². The third-order valence-corrected chi connectivity index (χ3v) is 9.73. The molecule has 2 heterocycles. The summed E-state index contributed by atoms with van der Waals surface area (Å²) in [6.07, 6.45) is 3.53. The van der Waals surface area contributed by atoms with Gasteiger partial charge in [0.25, 0.3) is 0 Å². The van der Waals surface area contributed by atoms with Gasteiger partial charge in [-0.3, -0.25) is 14.4 Å². The molecule has 0 aromatic heterocycles. The van der Waals surface area contributed by atoms with Crippen LogP contribution in [0.4, 0.5) is 0 Å². The third kappa shape index (κ3) is 2.05. The Bertz CT molecular complexity index is 814. The predicted octanol–water partition coefficient (Wildman–Crippen LogP) is 1.36. The maximum atomic E-state index is 13.2. The molecular weight excluding hydrogens is 386 g/mol. The number of esters is 1. The molecule has 3 aliphatic carbocycles. The molecule has 7 atom stereocenters. The number of carbonyl (C=O) groups is 3. The number of ether oxygens (including phenoxy) is 2. The second-order valence-electron chi connectivity index (χ2n) is 10.5. The van der Waals surface area contributed by atoms with E-state index in [1.54, 1.807) is 0 Å². The van der Waals surface area contributed by atoms with E-state index < -0.39 is 22.5 Å². The number of methoxy groups -OCH3 is 1. The first kappa shape index (κ1) is 20.6. The Hall–Kier alpha value is -1.31. The first-order valence-corrected chi connectivity index (χ1v) is 11.4. The van der Waals surface area contributed by atoms with Crippen molar-refractivity contribution in [3.8, 4) is 0 Å². The van der Waals surface area contributed by atoms with Crippen LogP contribution < -0.4 is 0 Å². The molecular formula is C23H33NO6. The van der Waals surface area contributed by atoms with Crippen LogP contribution in [0, 0.1) is 28.6 Å². The lowest BCUT2D eigenvalue weighted by atomic mass is 9.49. The monoisotopic (exact) mass is 419 g/mol. The quantitative estimate of drug-likeness (QED) is 0.673. The number of likely N-dealkylation sites (tertiary alicyclic amines) is 1. The first-order valence-electron chi connectivity index (χ1n) is 11.4. The molecule has 2 aliphatic heterocycles. The van der Waals surface area contributed by atoms with Crippen LogP contribution in [0.15, 0.2) is 0 Å². The molecule has 0 unspecified atom stereocenters. The molecule has 2 spiro atoms. The van der Waals surface area contributed by atoms with Crippen molar-refractivity contribution in [2.75, 3.05) is 33.9 Å². The summed E-state index contributed by atoms with van der Waals surface area (Å²) in [6.45, 7) is 3.88. The van der Waals surface area contributed by atoms with E-state index in [-0.39, 0.29) is 41.2 Å². The van der Waals surface area contributed by atoms with Gasteiger partial charge in [0.05, 0.1) is 19.6 Å². The van der Waals surface area contributed by atoms with Gasteiger partial charge in [0.1, 0.15) is 11.4 Å². The molecule has 0 aromatic carbocycles. The summed E-state index contributed by atoms with van der Waals surface area (Å²) in [5.74, 6) is -0.867. The zero-order chi connectivity index (χ0) is 21.5. The van der Waals surface area contributed by atoms with E-state index in [0.29, 0.717) is 45.3 Å². The number of rotatable bonds is 5. The summed E-state index contributed by atoms with van der Waals surface area (Å²) < 4.78 is 11.8. The van der Waals surface area contributed by atoms with E-state index >= 15 is 0 Å². The van der Waals surface area contributed by atoms with Gasteiger partial charge >= 0.3 is 5.97 Å². The van der Waals surface area contributed by atoms with Crippen molar-refractivity contribution in [1.29, 1.82) is 0 Å². The number of aliphatic hydroxyl groups is 1. The van der Waals surface area contributed by atoms with Crippen LogP contribution in [0.5, 0.6) is 0 Å². The van der Waals surface area contributed by atoms with E-state index in [1.807, 2.05) is 6.92 Å². The average Bonchev–Trinajstić information content (AvgIpc) is 3.23. The molecule has 4 bridgehead atoms. The van der Waals surface area contributed by atoms with Crippen LogP contribution in [0.1, 0.15) is 51.9 Å². The molecule has 5 aliphatic rings. The Morgan fingerprint density at radius 3 is 2.83 bits per heavy atom. The van der Waals surface area contributed by atoms with E-state index in [1.165, 1.54) is 7.11 Å². The lowest BCUT2D eigenvalue weighted by Crippen LogP contribution is -2.67. The van der Waals surface area contributed by atoms with Crippen LogP contribution in [0.2, 0.25) is 0 Å². The minimum Gasteiger partial charge on any atom is -0.469 e. The number of carbonyl (C=O) groups excluding carboxylic acids is 3. The van der Waals surface area contributed by atoms with Crippen LogP contribution in [-0.2, 0) is 23.9 Å². The summed E-state index contributed by atoms with van der Waals surface area (Å²) >= 11 is 0. The van der Waals surface area contributed by atoms with Crippen molar-refractivity contribution >= 4 is 17.5 Å². The maximum absolute atomic E-state index is 13.2. The van der Waals surface area contributed by atoms with Crippen LogP contribution in [-0.4, -0.2) is 72.6 Å². The van der Waals surface area contributed by atoms with Gasteiger partial charge in [0, 0.05) is 49.1 Å². The number of Topliss-reactive ketones (excluding diaryl/α,β-unsaturated/α-hetero) is 2. The molecule has 0 amide bonds. The maximum Gasteiger partial charge on any atom is 0.309 e. The largest absolute Gasteiger partial charge is 0.469 e. The van der Waals surface area contributed by atoms with Gasteiger partial charge in [-0.15, -0.1) is 0 Å². The fourth-order valence-corrected chi connectivity index (χ4v) is 8.64. The van der Waals surface area contributed by atoms with Crippen LogP contribution in [0.25, 0.3) is 0 Å². The van der Waals surface area contributed by atoms with Crippen molar-refractivity contribution in [2.45, 2.75) is 63.1 Å². The minimum atomic E-state index is -1.56. The van der Waals surface area contributed by atoms with Crippen LogP contribution >= 0.6 is 0 Å². The lowest BCUT2D eigenvalue weighted by molar-refractivity contribution is -0.197. The Labute approximate surface area is 177 Å². The van der Waals surface area contributed by atoms with E-state index in [2.05, 4.69) is 11.9 Å². The van der Waals surface area contributed by atoms with Crippen molar-refractivity contribution in [3.63, 3.8) is 0 Å². The summed E-state index contributed by atoms with van der Waals surface area (Å²) in [6, 6.07) is 0. The predicted molar refractivity (Wildman–Crippen MR) is 106 cm³/mol. The fourth-order valence-electron chi connectivity index (χ4n) is 8.64. The van der Waals surface area contributed by atoms with Gasteiger partial charge in [-0.1, -0.05) is 6.92 Å². The standard InChI is InChI=1S/C23H33NO6/c1-4-15(25)6-7-20-13-30-23-17-9-18(26)22(23,28)8-5-14(20)11-24(2)12-21(20,23)10-16(17)19(27)29-3/h14,16-17,28H,4-13H2,1-3H3/t14-,16-,17+,20-,21+,22-,23-/m1/s1. The SMILES string of the molecule is CCC(=O)CC[C@@]12CO[C@@]34[C@H]5CC(=O)[C@]3(O)CC[C@@H]1CN(C)C[C@@]24C[C@H]5C(=O)OC. The molecule has 30 heavy (non-hydrogen) atoms. The number of hydrogen-bond acceptors (Lipinski definition) is 7. The first-order chi connectivity index (χ1) is 14.2. The molecule has 7 nitrogen and oxygen atoms in total. The number of piperidine rings is 1. The normalized spacial score (nSPS) is 49.1. The summed E-state index contributed by atoms with van der Waals surface area (Å²) in [5, 5.41) is 11.9. The molecule has 7 heteroatoms. The number of hydrogen-bond donors (Lipinski definition) is 1. The average molecular weight is 420 g/mol. The Balaban J connectivity index is 1.72. The zero-order valence-electron chi connectivity index (χ0n) is 18.2. The molecule has 5 rings (SSSR count). The second-order valence-corrected chi connectivity index (χ2v) is 10.5. The van der Waals surface area contributed by atoms with Gasteiger partial charge < -0.3 is 19.5 Å². The highest BCUT2D eigenvalue weighted by Crippen LogP contribution is 2.79. The molecule has 166 valence electrons. The van der Waals surface area contributed by atoms with E-state index in [0.717, 1.165) is 13.0 Å². The van der Waals surface area contributed by atoms with Gasteiger partial charge in [-0.25, -0.2) is 0 Å². The smallest absolute Gasteiger partial charge is 0.309 e. The minimum absolute atomic E-state index is 0.163. The third-order valence-electron chi connectivity index (χ3n) is 9.73. The number of nitrogens with zero attached hydrogens (tertiary/aromatic N) is 1. The lowest BCUT2D eigenvalue weighted by Gasteiger charge is -2.58. The van der Waals surface area contributed by atoms with Crippen molar-refractivity contribution in [2.24, 2.45) is 28.6 Å². The topological polar surface area (TPSA) is 93.1 Å². The van der Waals surface area contributed by atoms with Gasteiger partial charge in [-0.2, -0.15) is 0 Å². The van der Waals surface area contributed by atoms with Gasteiger partial charge in [0.15, 0.2) is 11.4 Å². The van der Waals surface area contributed by atoms with Crippen molar-refractivity contribution in [3.05, 3.63) is 0 Å². The summed E-state index contributed by atoms with van der Waals surface area (Å²) in [5.41, 5.74) is -3.46. The molecule has 0 aromatic rings. The highest BCUT2D eigenvalue weighted by Gasteiger charge is 2.88. The highest BCUT2D eigenvalue weighted by molar-refractivity contribution is 5.94.